The summed E-state index contributed by atoms with van der Waals surface area (Å²) in [5.74, 6) is -0.391. The minimum atomic E-state index is -0.517. The fraction of sp³-hybridized carbons (Fsp3) is 0.118. The Morgan fingerprint density at radius 3 is 1.86 bits per heavy atom. The second kappa shape index (κ2) is 17.8. The average Bonchev–Trinajstić information content (AvgIpc) is 3.71. The van der Waals surface area contributed by atoms with E-state index >= 15 is 0 Å². The molecule has 0 radical (unpaired) electrons. The molecule has 0 bridgehead atoms. The normalized spacial score (nSPS) is 11.2. The molecule has 0 aliphatic carbocycles. The first kappa shape index (κ1) is 35.8. The summed E-state index contributed by atoms with van der Waals surface area (Å²) < 4.78 is 8.82. The van der Waals surface area contributed by atoms with E-state index in [1.165, 1.54) is 40.4 Å². The monoisotopic (exact) mass is 746 g/mol. The molecule has 6 aromatic rings. The summed E-state index contributed by atoms with van der Waals surface area (Å²) >= 11 is 11.6. The van der Waals surface area contributed by atoms with E-state index in [4.69, 9.17) is 23.1 Å². The summed E-state index contributed by atoms with van der Waals surface area (Å²) in [6.07, 6.45) is 7.66. The van der Waals surface area contributed by atoms with Crippen molar-refractivity contribution in [2.24, 2.45) is 11.5 Å². The van der Waals surface area contributed by atoms with Crippen LogP contribution in [0.2, 0.25) is 5.02 Å². The van der Waals surface area contributed by atoms with Crippen molar-refractivity contribution in [3.63, 3.8) is 0 Å². The molecule has 15 heteroatoms. The zero-order valence-electron chi connectivity index (χ0n) is 26.1. The Morgan fingerprint density at radius 2 is 1.33 bits per heavy atom. The highest BCUT2D eigenvalue weighted by Crippen LogP contribution is 2.42. The van der Waals surface area contributed by atoms with Crippen molar-refractivity contribution in [1.82, 2.24) is 18.7 Å². The molecule has 0 fully saturated rings. The highest BCUT2D eigenvalue weighted by molar-refractivity contribution is 7.99. The Kier molecular flexibility index (Phi) is 13.0. The minimum absolute atomic E-state index is 0.215. The minimum Gasteiger partial charge on any atom is -0.365 e. The Balaban J connectivity index is 0.000000191. The smallest absolute Gasteiger partial charge is 0.254 e. The lowest BCUT2D eigenvalue weighted by Crippen LogP contribution is -2.13. The van der Waals surface area contributed by atoms with Crippen LogP contribution in [-0.2, 0) is 5.75 Å². The third-order valence-electron chi connectivity index (χ3n) is 6.77. The summed E-state index contributed by atoms with van der Waals surface area (Å²) in [5, 5.41) is 9.74. The predicted octanol–water partition coefficient (Wildman–Crippen LogP) is 8.95. The quantitative estimate of drug-likeness (QED) is 0.0840. The molecule has 6 rings (SSSR count). The molecule has 49 heavy (non-hydrogen) atoms. The van der Waals surface area contributed by atoms with Gasteiger partial charge in [0.25, 0.3) is 11.8 Å². The number of nitrogens with two attached hydrogens (primary N) is 2. The summed E-state index contributed by atoms with van der Waals surface area (Å²) in [5.41, 5.74) is 15.8. The molecule has 0 aliphatic heterocycles. The van der Waals surface area contributed by atoms with Gasteiger partial charge >= 0.3 is 0 Å². The molecule has 4 aromatic heterocycles. The molecule has 2 aromatic carbocycles. The van der Waals surface area contributed by atoms with E-state index < -0.39 is 11.8 Å². The van der Waals surface area contributed by atoms with Crippen LogP contribution in [0.4, 0.5) is 21.4 Å². The number of aromatic nitrogens is 4. The van der Waals surface area contributed by atoms with E-state index in [1.54, 1.807) is 42.6 Å². The van der Waals surface area contributed by atoms with Gasteiger partial charge in [0, 0.05) is 28.4 Å². The Bertz CT molecular complexity index is 1980. The zero-order valence-corrected chi connectivity index (χ0v) is 30.1. The molecule has 1 unspecified atom stereocenters. The van der Waals surface area contributed by atoms with Gasteiger partial charge in [-0.25, -0.2) is 0 Å². The van der Waals surface area contributed by atoms with E-state index in [0.29, 0.717) is 42.0 Å². The Morgan fingerprint density at radius 1 is 0.776 bits per heavy atom. The van der Waals surface area contributed by atoms with Crippen molar-refractivity contribution >= 4 is 91.4 Å². The van der Waals surface area contributed by atoms with E-state index in [1.807, 2.05) is 60.7 Å². The first-order valence-corrected chi connectivity index (χ1v) is 18.6. The molecule has 0 saturated heterocycles. The highest BCUT2D eigenvalue weighted by Gasteiger charge is 2.23. The highest BCUT2D eigenvalue weighted by atomic mass is 35.5. The van der Waals surface area contributed by atoms with Gasteiger partial charge in [-0.05, 0) is 70.9 Å². The van der Waals surface area contributed by atoms with Crippen molar-refractivity contribution in [3.8, 4) is 0 Å². The lowest BCUT2D eigenvalue weighted by Gasteiger charge is -2.14. The fourth-order valence-corrected chi connectivity index (χ4v) is 8.82. The summed E-state index contributed by atoms with van der Waals surface area (Å²) in [6.45, 7) is 2.12. The predicted molar refractivity (Wildman–Crippen MR) is 203 cm³/mol. The number of hydrogen-bond acceptors (Lipinski definition) is 12. The maximum atomic E-state index is 12.0. The van der Waals surface area contributed by atoms with Crippen LogP contribution in [-0.4, -0.2) is 30.5 Å². The molecule has 10 nitrogen and oxygen atoms in total. The number of nitrogens with zero attached hydrogens (tertiary/aromatic N) is 4. The second-order valence-corrected chi connectivity index (χ2v) is 14.3. The van der Waals surface area contributed by atoms with Crippen LogP contribution >= 0.6 is 58.2 Å². The molecule has 4 heterocycles. The van der Waals surface area contributed by atoms with Crippen molar-refractivity contribution < 1.29 is 9.59 Å². The number of halogens is 1. The van der Waals surface area contributed by atoms with Crippen molar-refractivity contribution in [2.75, 3.05) is 10.6 Å². The van der Waals surface area contributed by atoms with Gasteiger partial charge < -0.3 is 22.1 Å². The first-order chi connectivity index (χ1) is 23.8. The summed E-state index contributed by atoms with van der Waals surface area (Å²) in [7, 11) is 0. The zero-order chi connectivity index (χ0) is 34.6. The fourth-order valence-electron chi connectivity index (χ4n) is 4.42. The molecule has 0 saturated carbocycles. The number of thioether (sulfide) groups is 2. The van der Waals surface area contributed by atoms with Crippen LogP contribution in [0, 0.1) is 0 Å². The van der Waals surface area contributed by atoms with Gasteiger partial charge in [-0.1, -0.05) is 90.6 Å². The van der Waals surface area contributed by atoms with E-state index in [2.05, 4.69) is 48.4 Å². The van der Waals surface area contributed by atoms with Gasteiger partial charge in [-0.2, -0.15) is 8.75 Å². The van der Waals surface area contributed by atoms with Gasteiger partial charge in [0.2, 0.25) is 0 Å². The number of anilines is 4. The molecule has 0 spiro atoms. The number of benzene rings is 2. The summed E-state index contributed by atoms with van der Waals surface area (Å²) in [6, 6.07) is 25.2. The molecular formula is C34H31ClN8O2S4. The van der Waals surface area contributed by atoms with Gasteiger partial charge in [-0.15, -0.1) is 0 Å². The van der Waals surface area contributed by atoms with Crippen LogP contribution in [0.25, 0.3) is 0 Å². The number of rotatable bonds is 13. The van der Waals surface area contributed by atoms with Gasteiger partial charge in [0.1, 0.15) is 31.2 Å². The standard InChI is InChI=1S/C18H18N4OS2.C16H13ClN4OS2/c1-2-14(12-7-4-3-5-8-12)24-18-15(16(19)23)17(25-22-18)21-13-9-6-10-20-11-13;17-12-6-2-1-4-10(12)9-23-16-13(14(18)22)15(24-21-16)20-11-5-3-7-19-8-11/h3-11,14,21H,2H2,1H3,(H2,19,23);1-8,20H,9H2,(H2,18,22). The second-order valence-electron chi connectivity index (χ2n) is 10.2. The van der Waals surface area contributed by atoms with Crippen molar-refractivity contribution in [3.05, 3.63) is 131 Å². The van der Waals surface area contributed by atoms with Gasteiger partial charge in [0.05, 0.1) is 23.8 Å². The van der Waals surface area contributed by atoms with Crippen LogP contribution in [0.1, 0.15) is 50.4 Å². The topological polar surface area (TPSA) is 162 Å². The lowest BCUT2D eigenvalue weighted by molar-refractivity contribution is 0.0990. The van der Waals surface area contributed by atoms with Crippen LogP contribution in [0.3, 0.4) is 0 Å². The molecule has 0 aliphatic rings. The first-order valence-electron chi connectivity index (χ1n) is 14.8. The summed E-state index contributed by atoms with van der Waals surface area (Å²) in [4.78, 5) is 32.0. The molecule has 2 amide bonds. The number of carbonyl (C=O) groups is 2. The number of pyridine rings is 2. The number of primary amides is 2. The lowest BCUT2D eigenvalue weighted by atomic mass is 10.1. The average molecular weight is 747 g/mol. The number of hydrogen-bond donors (Lipinski definition) is 4. The molecule has 6 N–H and O–H groups in total. The van der Waals surface area contributed by atoms with Crippen LogP contribution in [0.15, 0.2) is 114 Å². The van der Waals surface area contributed by atoms with Crippen LogP contribution in [0.5, 0.6) is 0 Å². The molecular weight excluding hydrogens is 716 g/mol. The van der Waals surface area contributed by atoms with E-state index in [0.717, 1.165) is 23.4 Å². The van der Waals surface area contributed by atoms with Gasteiger partial charge in [-0.3, -0.25) is 19.6 Å². The third-order valence-corrected chi connectivity index (χ3v) is 11.3. The third kappa shape index (κ3) is 9.80. The number of carbonyl (C=O) groups excluding carboxylic acids is 2. The Labute approximate surface area is 305 Å². The van der Waals surface area contributed by atoms with E-state index in [-0.39, 0.29) is 5.25 Å². The van der Waals surface area contributed by atoms with Crippen molar-refractivity contribution in [2.45, 2.75) is 34.4 Å². The number of nitrogens with one attached hydrogen (secondary N) is 2. The van der Waals surface area contributed by atoms with Crippen LogP contribution < -0.4 is 22.1 Å². The molecule has 1 atom stereocenters. The van der Waals surface area contributed by atoms with Crippen molar-refractivity contribution in [1.29, 1.82) is 0 Å². The maximum absolute atomic E-state index is 12.0. The molecule has 250 valence electrons. The largest absolute Gasteiger partial charge is 0.365 e. The van der Waals surface area contributed by atoms with Gasteiger partial charge in [0.15, 0.2) is 0 Å². The number of amides is 2. The SMILES string of the molecule is CCC(Sc1nsc(Nc2cccnc2)c1C(N)=O)c1ccccc1.NC(=O)c1c(SCc2ccccc2Cl)nsc1Nc1cccnc1. The van der Waals surface area contributed by atoms with E-state index in [9.17, 15) is 9.59 Å². The maximum Gasteiger partial charge on any atom is 0.254 e. The Hall–Kier alpha value is -4.47.